The van der Waals surface area contributed by atoms with Crippen LogP contribution in [0.15, 0.2) is 34.4 Å². The Hall–Kier alpha value is -3.00. The second kappa shape index (κ2) is 7.09. The summed E-state index contributed by atoms with van der Waals surface area (Å²) in [6.45, 7) is 1.17. The van der Waals surface area contributed by atoms with Crippen molar-refractivity contribution in [2.75, 3.05) is 34.3 Å². The van der Waals surface area contributed by atoms with Crippen LogP contribution < -0.4 is 10.1 Å². The number of Topliss-reactive ketones (excluding diaryl/α,β-unsaturated/α-hetero) is 1. The number of ketones is 2. The summed E-state index contributed by atoms with van der Waals surface area (Å²) in [6.07, 6.45) is 1.17. The number of ether oxygens (including phenoxy) is 1. The van der Waals surface area contributed by atoms with Gasteiger partial charge in [0, 0.05) is 19.2 Å². The number of benzene rings is 1. The zero-order chi connectivity index (χ0) is 18.8. The monoisotopic (exact) mass is 359 g/mol. The number of allylic oxidation sites excluding steroid dienone is 2. The van der Waals surface area contributed by atoms with Crippen LogP contribution in [-0.2, 0) is 0 Å². The predicted octanol–water partition coefficient (Wildman–Crippen LogP) is 1.90. The normalized spacial score (nSPS) is 13.7. The predicted molar refractivity (Wildman–Crippen MR) is 91.7 cm³/mol. The van der Waals surface area contributed by atoms with E-state index in [1.54, 1.807) is 0 Å². The number of likely N-dealkylation sites (N-methyl/N-ethyl adjacent to an activating group) is 1. The number of nitrogens with zero attached hydrogens (tertiary/aromatic N) is 2. The van der Waals surface area contributed by atoms with Crippen molar-refractivity contribution >= 4 is 11.6 Å². The zero-order valence-corrected chi connectivity index (χ0v) is 14.6. The number of nitrogens with one attached hydrogen (secondary N) is 1. The summed E-state index contributed by atoms with van der Waals surface area (Å²) in [5.74, 6) is -1.77. The SMILES string of the molecule is COc1cccc(F)c1-c1nc2c(o1)C(=O)C=C(NCCN(C)C)C2=O. The molecule has 8 heteroatoms. The van der Waals surface area contributed by atoms with Crippen LogP contribution in [0.2, 0.25) is 0 Å². The van der Waals surface area contributed by atoms with E-state index in [1.807, 2.05) is 19.0 Å². The van der Waals surface area contributed by atoms with Crippen LogP contribution in [0.5, 0.6) is 5.75 Å². The molecule has 7 nitrogen and oxygen atoms in total. The van der Waals surface area contributed by atoms with Crippen molar-refractivity contribution in [1.82, 2.24) is 15.2 Å². The molecule has 1 N–H and O–H groups in total. The van der Waals surface area contributed by atoms with Gasteiger partial charge in [-0.2, -0.15) is 0 Å². The van der Waals surface area contributed by atoms with Gasteiger partial charge in [0.15, 0.2) is 5.69 Å². The van der Waals surface area contributed by atoms with E-state index in [1.165, 1.54) is 31.4 Å². The molecule has 0 amide bonds. The molecule has 0 atom stereocenters. The van der Waals surface area contributed by atoms with Gasteiger partial charge in [-0.1, -0.05) is 6.07 Å². The number of hydrogen-bond donors (Lipinski definition) is 1. The van der Waals surface area contributed by atoms with Gasteiger partial charge in [-0.15, -0.1) is 0 Å². The number of aromatic nitrogens is 1. The number of methoxy groups -OCH3 is 1. The topological polar surface area (TPSA) is 84.7 Å². The van der Waals surface area contributed by atoms with Gasteiger partial charge in [-0.25, -0.2) is 9.37 Å². The van der Waals surface area contributed by atoms with Crippen molar-refractivity contribution in [3.8, 4) is 17.2 Å². The molecule has 1 aliphatic carbocycles. The van der Waals surface area contributed by atoms with E-state index >= 15 is 0 Å². The molecule has 0 saturated carbocycles. The van der Waals surface area contributed by atoms with Crippen LogP contribution in [0.4, 0.5) is 4.39 Å². The van der Waals surface area contributed by atoms with E-state index in [4.69, 9.17) is 9.15 Å². The van der Waals surface area contributed by atoms with Crippen molar-refractivity contribution in [3.05, 3.63) is 47.2 Å². The summed E-state index contributed by atoms with van der Waals surface area (Å²) in [5, 5.41) is 2.93. The fraction of sp³-hybridized carbons (Fsp3) is 0.278. The van der Waals surface area contributed by atoms with Crippen LogP contribution in [0, 0.1) is 5.82 Å². The fourth-order valence-corrected chi connectivity index (χ4v) is 2.57. The standard InChI is InChI=1S/C18H18FN3O4/c1-22(2)8-7-20-11-9-12(23)17-15(16(11)24)21-18(26-17)14-10(19)5-4-6-13(14)25-3/h4-6,9,20H,7-8H2,1-3H3. The average Bonchev–Trinajstić information content (AvgIpc) is 3.04. The summed E-state index contributed by atoms with van der Waals surface area (Å²) in [5.41, 5.74) is -0.0259. The lowest BCUT2D eigenvalue weighted by molar-refractivity contribution is 0.0960. The molecule has 1 aliphatic rings. The smallest absolute Gasteiger partial charge is 0.234 e. The number of fused-ring (bicyclic) bond motifs is 1. The maximum atomic E-state index is 14.2. The molecule has 0 saturated heterocycles. The largest absolute Gasteiger partial charge is 0.496 e. The van der Waals surface area contributed by atoms with Gasteiger partial charge in [0.25, 0.3) is 0 Å². The van der Waals surface area contributed by atoms with Crippen LogP contribution >= 0.6 is 0 Å². The zero-order valence-electron chi connectivity index (χ0n) is 14.6. The lowest BCUT2D eigenvalue weighted by Gasteiger charge is -2.14. The fourth-order valence-electron chi connectivity index (χ4n) is 2.57. The van der Waals surface area contributed by atoms with Crippen molar-refractivity contribution < 1.29 is 23.1 Å². The lowest BCUT2D eigenvalue weighted by atomic mass is 10.0. The number of rotatable bonds is 6. The Kier molecular flexibility index (Phi) is 4.85. The van der Waals surface area contributed by atoms with Gasteiger partial charge in [-0.3, -0.25) is 9.59 Å². The Labute approximate surface area is 149 Å². The highest BCUT2D eigenvalue weighted by Crippen LogP contribution is 2.34. The maximum Gasteiger partial charge on any atom is 0.234 e. The van der Waals surface area contributed by atoms with Gasteiger partial charge in [-0.05, 0) is 26.2 Å². The first-order valence-electron chi connectivity index (χ1n) is 7.95. The van der Waals surface area contributed by atoms with Crippen LogP contribution in [-0.4, -0.2) is 55.7 Å². The highest BCUT2D eigenvalue weighted by molar-refractivity contribution is 6.22. The number of carbonyl (C=O) groups is 2. The molecular weight excluding hydrogens is 341 g/mol. The minimum absolute atomic E-state index is 0.0351. The van der Waals surface area contributed by atoms with Gasteiger partial charge < -0.3 is 19.4 Å². The minimum Gasteiger partial charge on any atom is -0.496 e. The molecule has 1 aromatic carbocycles. The quantitative estimate of drug-likeness (QED) is 0.843. The van der Waals surface area contributed by atoms with Crippen molar-refractivity contribution in [3.63, 3.8) is 0 Å². The molecule has 136 valence electrons. The minimum atomic E-state index is -0.625. The molecule has 0 unspecified atom stereocenters. The molecule has 1 heterocycles. The highest BCUT2D eigenvalue weighted by atomic mass is 19.1. The summed E-state index contributed by atoms with van der Waals surface area (Å²) < 4.78 is 24.8. The maximum absolute atomic E-state index is 14.2. The molecule has 0 bridgehead atoms. The Balaban J connectivity index is 1.94. The molecule has 2 aromatic rings. The molecule has 0 radical (unpaired) electrons. The lowest BCUT2D eigenvalue weighted by Crippen LogP contribution is -2.31. The van der Waals surface area contributed by atoms with Gasteiger partial charge >= 0.3 is 0 Å². The molecule has 0 aliphatic heterocycles. The first-order valence-corrected chi connectivity index (χ1v) is 7.95. The summed E-state index contributed by atoms with van der Waals surface area (Å²) in [6, 6.07) is 4.24. The number of carbonyl (C=O) groups excluding carboxylic acids is 2. The Morgan fingerprint density at radius 2 is 2.08 bits per heavy atom. The molecule has 1 aromatic heterocycles. The molecule has 0 spiro atoms. The Bertz CT molecular complexity index is 902. The number of hydrogen-bond acceptors (Lipinski definition) is 7. The van der Waals surface area contributed by atoms with Gasteiger partial charge in [0.2, 0.25) is 23.2 Å². The van der Waals surface area contributed by atoms with Crippen LogP contribution in [0.3, 0.4) is 0 Å². The van der Waals surface area contributed by atoms with Crippen molar-refractivity contribution in [1.29, 1.82) is 0 Å². The third-order valence-electron chi connectivity index (χ3n) is 3.87. The van der Waals surface area contributed by atoms with E-state index < -0.39 is 17.4 Å². The van der Waals surface area contributed by atoms with E-state index in [0.717, 1.165) is 0 Å². The Morgan fingerprint density at radius 1 is 1.31 bits per heavy atom. The summed E-state index contributed by atoms with van der Waals surface area (Å²) >= 11 is 0. The average molecular weight is 359 g/mol. The second-order valence-corrected chi connectivity index (χ2v) is 6.00. The third kappa shape index (κ3) is 3.23. The molecule has 3 rings (SSSR count). The summed E-state index contributed by atoms with van der Waals surface area (Å²) in [4.78, 5) is 30.9. The van der Waals surface area contributed by atoms with E-state index in [2.05, 4.69) is 10.3 Å². The highest BCUT2D eigenvalue weighted by Gasteiger charge is 2.33. The van der Waals surface area contributed by atoms with Crippen molar-refractivity contribution in [2.24, 2.45) is 0 Å². The Morgan fingerprint density at radius 3 is 2.77 bits per heavy atom. The second-order valence-electron chi connectivity index (χ2n) is 6.00. The van der Waals surface area contributed by atoms with Crippen molar-refractivity contribution in [2.45, 2.75) is 0 Å². The molecule has 0 fully saturated rings. The first kappa shape index (κ1) is 17.8. The molecular formula is C18H18FN3O4. The number of halogens is 1. The summed E-state index contributed by atoms with van der Waals surface area (Å²) in [7, 11) is 5.17. The molecule has 26 heavy (non-hydrogen) atoms. The van der Waals surface area contributed by atoms with Gasteiger partial charge in [0.05, 0.1) is 12.8 Å². The number of oxazole rings is 1. The first-order chi connectivity index (χ1) is 12.4. The van der Waals surface area contributed by atoms with Crippen LogP contribution in [0.25, 0.3) is 11.5 Å². The van der Waals surface area contributed by atoms with E-state index in [-0.39, 0.29) is 34.4 Å². The van der Waals surface area contributed by atoms with E-state index in [9.17, 15) is 14.0 Å². The third-order valence-corrected chi connectivity index (χ3v) is 3.87. The van der Waals surface area contributed by atoms with Gasteiger partial charge in [0.1, 0.15) is 17.1 Å². The van der Waals surface area contributed by atoms with Crippen LogP contribution in [0.1, 0.15) is 21.0 Å². The van der Waals surface area contributed by atoms with E-state index in [0.29, 0.717) is 13.1 Å².